The first-order valence-electron chi connectivity index (χ1n) is 8.37. The number of carbonyl (C=O) groups excluding carboxylic acids is 1. The third-order valence-electron chi connectivity index (χ3n) is 4.33. The van der Waals surface area contributed by atoms with E-state index < -0.39 is 15.9 Å². The van der Waals surface area contributed by atoms with Gasteiger partial charge in [0.1, 0.15) is 17.5 Å². The van der Waals surface area contributed by atoms with Gasteiger partial charge in [-0.3, -0.25) is 9.59 Å². The lowest BCUT2D eigenvalue weighted by Gasteiger charge is -2.12. The van der Waals surface area contributed by atoms with Crippen molar-refractivity contribution < 1.29 is 17.6 Å². The first-order valence-corrected chi connectivity index (χ1v) is 9.81. The van der Waals surface area contributed by atoms with E-state index >= 15 is 0 Å². The molecule has 0 saturated carbocycles. The second kappa shape index (κ2) is 7.21. The van der Waals surface area contributed by atoms with Crippen molar-refractivity contribution in [1.82, 2.24) is 19.2 Å². The number of aromatic nitrogens is 2. The number of sulfonamides is 1. The molecule has 0 fully saturated rings. The predicted octanol–water partition coefficient (Wildman–Crippen LogP) is 1.02. The van der Waals surface area contributed by atoms with Crippen LogP contribution in [0.2, 0.25) is 0 Å². The van der Waals surface area contributed by atoms with Crippen LogP contribution in [-0.4, -0.2) is 42.3 Å². The van der Waals surface area contributed by atoms with Gasteiger partial charge >= 0.3 is 0 Å². The zero-order valence-corrected chi connectivity index (χ0v) is 16.7. The maximum absolute atomic E-state index is 12.6. The van der Waals surface area contributed by atoms with Gasteiger partial charge in [0.2, 0.25) is 15.7 Å². The van der Waals surface area contributed by atoms with Gasteiger partial charge in [0.05, 0.1) is 10.5 Å². The number of amides is 1. The molecule has 2 aromatic heterocycles. The lowest BCUT2D eigenvalue weighted by atomic mass is 10.1. The molecule has 3 rings (SSSR count). The van der Waals surface area contributed by atoms with Gasteiger partial charge in [0, 0.05) is 27.7 Å². The first kappa shape index (κ1) is 19.8. The highest BCUT2D eigenvalue weighted by atomic mass is 32.2. The van der Waals surface area contributed by atoms with E-state index in [2.05, 4.69) is 10.3 Å². The van der Waals surface area contributed by atoms with Crippen LogP contribution in [0.25, 0.3) is 11.1 Å². The number of nitrogens with zero attached hydrogens (tertiary/aromatic N) is 3. The molecule has 1 aromatic carbocycles. The number of hydrogen-bond donors (Lipinski definition) is 1. The highest BCUT2D eigenvalue weighted by Gasteiger charge is 2.22. The van der Waals surface area contributed by atoms with Crippen molar-refractivity contribution in [3.8, 4) is 0 Å². The highest BCUT2D eigenvalue weighted by molar-refractivity contribution is 7.89. The van der Waals surface area contributed by atoms with Gasteiger partial charge < -0.3 is 14.3 Å². The van der Waals surface area contributed by atoms with Crippen LogP contribution in [0.5, 0.6) is 0 Å². The Morgan fingerprint density at radius 2 is 1.89 bits per heavy atom. The zero-order valence-electron chi connectivity index (χ0n) is 15.9. The highest BCUT2D eigenvalue weighted by Crippen LogP contribution is 2.21. The van der Waals surface area contributed by atoms with E-state index in [-0.39, 0.29) is 33.7 Å². The number of furan rings is 1. The number of hydrogen-bond acceptors (Lipinski definition) is 6. The quantitative estimate of drug-likeness (QED) is 0.679. The van der Waals surface area contributed by atoms with Crippen molar-refractivity contribution in [2.45, 2.75) is 18.4 Å². The Balaban J connectivity index is 1.82. The number of aryl methyl sites for hydroxylation is 2. The van der Waals surface area contributed by atoms with E-state index in [1.807, 2.05) is 0 Å². The Labute approximate surface area is 161 Å². The molecule has 0 saturated heterocycles. The van der Waals surface area contributed by atoms with Gasteiger partial charge in [0.25, 0.3) is 11.5 Å². The maximum atomic E-state index is 12.6. The van der Waals surface area contributed by atoms with Crippen molar-refractivity contribution in [3.63, 3.8) is 0 Å². The van der Waals surface area contributed by atoms with Crippen molar-refractivity contribution in [1.29, 1.82) is 0 Å². The molecule has 0 bridgehead atoms. The molecule has 0 unspecified atom stereocenters. The summed E-state index contributed by atoms with van der Waals surface area (Å²) in [5.74, 6) is -0.165. The summed E-state index contributed by atoms with van der Waals surface area (Å²) < 4.78 is 32.0. The lowest BCUT2D eigenvalue weighted by Crippen LogP contribution is -2.26. The number of rotatable bonds is 5. The summed E-state index contributed by atoms with van der Waals surface area (Å²) in [7, 11) is 0.951. The van der Waals surface area contributed by atoms with Crippen LogP contribution in [0.15, 0.2) is 44.7 Å². The molecule has 1 amide bonds. The summed E-state index contributed by atoms with van der Waals surface area (Å²) in [6.07, 6.45) is 1.33. The molecule has 0 aliphatic carbocycles. The maximum Gasteiger partial charge on any atom is 0.265 e. The van der Waals surface area contributed by atoms with Crippen molar-refractivity contribution in [2.24, 2.45) is 7.05 Å². The fourth-order valence-electron chi connectivity index (χ4n) is 2.72. The standard InChI is InChI=1S/C18H20N4O5S/c1-11-14(15-17(27-11)20-10-22(4)18(15)24)16(23)19-9-12-5-7-13(8-6-12)28(25,26)21(2)3/h5-8,10H,9H2,1-4H3,(H,19,23). The zero-order chi connectivity index (χ0) is 20.6. The fraction of sp³-hybridized carbons (Fsp3) is 0.278. The Hall–Kier alpha value is -2.98. The third kappa shape index (κ3) is 3.43. The summed E-state index contributed by atoms with van der Waals surface area (Å²) in [6, 6.07) is 6.21. The number of nitrogens with one attached hydrogen (secondary N) is 1. The van der Waals surface area contributed by atoms with Crippen LogP contribution in [-0.2, 0) is 23.6 Å². The third-order valence-corrected chi connectivity index (χ3v) is 6.16. The molecular weight excluding hydrogens is 384 g/mol. The van der Waals surface area contributed by atoms with Crippen LogP contribution in [0.1, 0.15) is 21.7 Å². The van der Waals surface area contributed by atoms with Gasteiger partial charge in [-0.1, -0.05) is 12.1 Å². The van der Waals surface area contributed by atoms with Gasteiger partial charge in [0.15, 0.2) is 0 Å². The Morgan fingerprint density at radius 1 is 1.25 bits per heavy atom. The molecular formula is C18H20N4O5S. The Kier molecular flexibility index (Phi) is 5.09. The van der Waals surface area contributed by atoms with Gasteiger partial charge in [-0.2, -0.15) is 0 Å². The molecule has 28 heavy (non-hydrogen) atoms. The van der Waals surface area contributed by atoms with E-state index in [1.165, 1.54) is 37.1 Å². The molecule has 2 heterocycles. The van der Waals surface area contributed by atoms with Crippen LogP contribution in [0.3, 0.4) is 0 Å². The lowest BCUT2D eigenvalue weighted by molar-refractivity contribution is 0.0950. The SMILES string of the molecule is Cc1oc2ncn(C)c(=O)c2c1C(=O)NCc1ccc(S(=O)(=O)N(C)C)cc1. The number of benzene rings is 1. The summed E-state index contributed by atoms with van der Waals surface area (Å²) in [5, 5.41) is 2.86. The van der Waals surface area contributed by atoms with Crippen molar-refractivity contribution in [2.75, 3.05) is 14.1 Å². The average Bonchev–Trinajstić information content (AvgIpc) is 3.00. The number of carbonyl (C=O) groups is 1. The van der Waals surface area contributed by atoms with Crippen molar-refractivity contribution in [3.05, 3.63) is 57.8 Å². The Morgan fingerprint density at radius 3 is 2.50 bits per heavy atom. The molecule has 0 radical (unpaired) electrons. The second-order valence-electron chi connectivity index (χ2n) is 6.49. The summed E-state index contributed by atoms with van der Waals surface area (Å²) in [5.41, 5.74) is 0.604. The Bertz CT molecular complexity index is 1210. The molecule has 0 spiro atoms. The van der Waals surface area contributed by atoms with Gasteiger partial charge in [-0.05, 0) is 24.6 Å². The van der Waals surface area contributed by atoms with Crippen molar-refractivity contribution >= 4 is 27.0 Å². The molecule has 3 aromatic rings. The molecule has 1 N–H and O–H groups in total. The van der Waals surface area contributed by atoms with E-state index in [1.54, 1.807) is 26.1 Å². The molecule has 0 atom stereocenters. The second-order valence-corrected chi connectivity index (χ2v) is 8.64. The molecule has 148 valence electrons. The molecule has 9 nitrogen and oxygen atoms in total. The average molecular weight is 404 g/mol. The van der Waals surface area contributed by atoms with Gasteiger partial charge in [-0.25, -0.2) is 17.7 Å². The van der Waals surface area contributed by atoms with Crippen LogP contribution in [0, 0.1) is 6.92 Å². The topological polar surface area (TPSA) is 115 Å². The van der Waals surface area contributed by atoms with E-state index in [4.69, 9.17) is 4.42 Å². The molecule has 0 aliphatic heterocycles. The minimum atomic E-state index is -3.51. The molecule has 0 aliphatic rings. The predicted molar refractivity (Wildman–Crippen MR) is 102 cm³/mol. The minimum absolute atomic E-state index is 0.115. The first-order chi connectivity index (χ1) is 13.1. The van der Waals surface area contributed by atoms with Crippen LogP contribution >= 0.6 is 0 Å². The van der Waals surface area contributed by atoms with Crippen LogP contribution < -0.4 is 10.9 Å². The van der Waals surface area contributed by atoms with Crippen LogP contribution in [0.4, 0.5) is 0 Å². The normalized spacial score (nSPS) is 11.9. The fourth-order valence-corrected chi connectivity index (χ4v) is 3.62. The van der Waals surface area contributed by atoms with E-state index in [9.17, 15) is 18.0 Å². The van der Waals surface area contributed by atoms with Gasteiger partial charge in [-0.15, -0.1) is 0 Å². The monoisotopic (exact) mass is 404 g/mol. The number of fused-ring (bicyclic) bond motifs is 1. The van der Waals surface area contributed by atoms with E-state index in [0.717, 1.165) is 4.31 Å². The summed E-state index contributed by atoms with van der Waals surface area (Å²) >= 11 is 0. The summed E-state index contributed by atoms with van der Waals surface area (Å²) in [6.45, 7) is 1.75. The smallest absolute Gasteiger partial charge is 0.265 e. The summed E-state index contributed by atoms with van der Waals surface area (Å²) in [4.78, 5) is 29.2. The molecule has 10 heteroatoms. The minimum Gasteiger partial charge on any atom is -0.442 e. The largest absolute Gasteiger partial charge is 0.442 e. The van der Waals surface area contributed by atoms with E-state index in [0.29, 0.717) is 11.3 Å².